The first-order valence-corrected chi connectivity index (χ1v) is 6.52. The zero-order valence-electron chi connectivity index (χ0n) is 11.9. The summed E-state index contributed by atoms with van der Waals surface area (Å²) in [5.74, 6) is 1.46. The van der Waals surface area contributed by atoms with E-state index in [1.165, 1.54) is 0 Å². The summed E-state index contributed by atoms with van der Waals surface area (Å²) >= 11 is 0. The number of hydrogen-bond acceptors (Lipinski definition) is 3. The van der Waals surface area contributed by atoms with Gasteiger partial charge in [-0.3, -0.25) is 0 Å². The highest BCUT2D eigenvalue weighted by Crippen LogP contribution is 2.24. The van der Waals surface area contributed by atoms with E-state index >= 15 is 0 Å². The molecule has 0 bridgehead atoms. The van der Waals surface area contributed by atoms with Crippen LogP contribution in [0, 0.1) is 5.92 Å². The molecule has 0 saturated carbocycles. The second-order valence-electron chi connectivity index (χ2n) is 5.51. The number of hydrogen-bond donors (Lipinski definition) is 2. The van der Waals surface area contributed by atoms with E-state index in [0.29, 0.717) is 5.92 Å². The Morgan fingerprint density at radius 3 is 2.67 bits per heavy atom. The predicted molar refractivity (Wildman–Crippen MR) is 76.2 cm³/mol. The van der Waals surface area contributed by atoms with Gasteiger partial charge in [0.2, 0.25) is 0 Å². The third-order valence-corrected chi connectivity index (χ3v) is 3.14. The maximum Gasteiger partial charge on any atom is 0.120 e. The van der Waals surface area contributed by atoms with Crippen molar-refractivity contribution in [1.82, 2.24) is 0 Å². The number of rotatable bonds is 7. The molecule has 1 aromatic rings. The molecule has 1 atom stereocenters. The van der Waals surface area contributed by atoms with Crippen LogP contribution in [0.1, 0.15) is 33.6 Å². The van der Waals surface area contributed by atoms with E-state index in [0.717, 1.165) is 24.3 Å². The molecule has 1 aromatic carbocycles. The van der Waals surface area contributed by atoms with E-state index in [-0.39, 0.29) is 12.1 Å². The third kappa shape index (κ3) is 4.57. The zero-order chi connectivity index (χ0) is 13.6. The Hall–Kier alpha value is -1.22. The normalized spacial score (nSPS) is 14.3. The molecular weight excluding hydrogens is 226 g/mol. The summed E-state index contributed by atoms with van der Waals surface area (Å²) < 4.78 is 5.20. The lowest BCUT2D eigenvalue weighted by atomic mass is 9.92. The van der Waals surface area contributed by atoms with E-state index in [1.54, 1.807) is 7.11 Å². The van der Waals surface area contributed by atoms with Crippen LogP contribution >= 0.6 is 0 Å². The molecule has 18 heavy (non-hydrogen) atoms. The Morgan fingerprint density at radius 2 is 2.11 bits per heavy atom. The van der Waals surface area contributed by atoms with Gasteiger partial charge in [-0.2, -0.15) is 0 Å². The summed E-state index contributed by atoms with van der Waals surface area (Å²) in [5.41, 5.74) is 0.700. The highest BCUT2D eigenvalue weighted by Gasteiger charge is 2.23. The van der Waals surface area contributed by atoms with Crippen LogP contribution in [0.4, 0.5) is 5.69 Å². The average Bonchev–Trinajstić information content (AvgIpc) is 2.36. The minimum Gasteiger partial charge on any atom is -0.497 e. The Morgan fingerprint density at radius 1 is 1.39 bits per heavy atom. The molecule has 0 aromatic heterocycles. The molecule has 0 aliphatic rings. The van der Waals surface area contributed by atoms with Crippen LogP contribution < -0.4 is 10.1 Å². The molecule has 102 valence electrons. The van der Waals surface area contributed by atoms with Crippen LogP contribution in [-0.4, -0.2) is 24.4 Å². The molecule has 0 heterocycles. The number of methoxy groups -OCH3 is 1. The second-order valence-corrected chi connectivity index (χ2v) is 5.51. The van der Waals surface area contributed by atoms with Crippen molar-refractivity contribution in [3.8, 4) is 5.75 Å². The summed E-state index contributed by atoms with van der Waals surface area (Å²) in [5, 5.41) is 13.0. The number of benzene rings is 1. The summed E-state index contributed by atoms with van der Waals surface area (Å²) in [6, 6.07) is 7.80. The Balaban J connectivity index is 2.71. The molecule has 1 unspecified atom stereocenters. The quantitative estimate of drug-likeness (QED) is 0.781. The molecule has 0 spiro atoms. The van der Waals surface area contributed by atoms with Gasteiger partial charge in [0.1, 0.15) is 5.75 Å². The fourth-order valence-electron chi connectivity index (χ4n) is 1.84. The molecule has 0 aliphatic heterocycles. The first-order valence-electron chi connectivity index (χ1n) is 6.52. The predicted octanol–water partition coefficient (Wildman–Crippen LogP) is 3.29. The second kappa shape index (κ2) is 6.64. The van der Waals surface area contributed by atoms with Crippen molar-refractivity contribution >= 4 is 5.69 Å². The van der Waals surface area contributed by atoms with E-state index in [4.69, 9.17) is 4.74 Å². The standard InChI is InChI=1S/C15H25NO2/c1-12(2)8-9-15(3,11-17)16-13-6-5-7-14(10-13)18-4/h5-7,10,12,16-17H,8-9,11H2,1-4H3. The van der Waals surface area contributed by atoms with Gasteiger partial charge in [-0.05, 0) is 37.8 Å². The fourth-order valence-corrected chi connectivity index (χ4v) is 1.84. The van der Waals surface area contributed by atoms with Gasteiger partial charge in [-0.25, -0.2) is 0 Å². The maximum absolute atomic E-state index is 9.59. The molecule has 0 fully saturated rings. The van der Waals surface area contributed by atoms with Crippen molar-refractivity contribution in [2.75, 3.05) is 19.0 Å². The van der Waals surface area contributed by atoms with Crippen LogP contribution in [0.2, 0.25) is 0 Å². The molecule has 3 heteroatoms. The van der Waals surface area contributed by atoms with Gasteiger partial charge in [-0.1, -0.05) is 19.9 Å². The lowest BCUT2D eigenvalue weighted by Gasteiger charge is -2.31. The van der Waals surface area contributed by atoms with Crippen LogP contribution in [0.25, 0.3) is 0 Å². The first-order chi connectivity index (χ1) is 8.49. The highest BCUT2D eigenvalue weighted by atomic mass is 16.5. The highest BCUT2D eigenvalue weighted by molar-refractivity contribution is 5.50. The zero-order valence-corrected chi connectivity index (χ0v) is 11.9. The van der Waals surface area contributed by atoms with Crippen molar-refractivity contribution in [3.05, 3.63) is 24.3 Å². The Labute approximate surface area is 110 Å². The average molecular weight is 251 g/mol. The first kappa shape index (κ1) is 14.8. The molecule has 0 saturated heterocycles. The van der Waals surface area contributed by atoms with Gasteiger partial charge in [-0.15, -0.1) is 0 Å². The fraction of sp³-hybridized carbons (Fsp3) is 0.600. The van der Waals surface area contributed by atoms with Gasteiger partial charge in [0.25, 0.3) is 0 Å². The lowest BCUT2D eigenvalue weighted by Crippen LogP contribution is -2.39. The smallest absolute Gasteiger partial charge is 0.120 e. The van der Waals surface area contributed by atoms with Crippen molar-refractivity contribution in [2.45, 2.75) is 39.2 Å². The van der Waals surface area contributed by atoms with Crippen molar-refractivity contribution in [3.63, 3.8) is 0 Å². The third-order valence-electron chi connectivity index (χ3n) is 3.14. The summed E-state index contributed by atoms with van der Waals surface area (Å²) in [7, 11) is 1.66. The van der Waals surface area contributed by atoms with Crippen molar-refractivity contribution in [1.29, 1.82) is 0 Å². The lowest BCUT2D eigenvalue weighted by molar-refractivity contribution is 0.208. The molecule has 1 rings (SSSR count). The summed E-state index contributed by atoms with van der Waals surface area (Å²) in [6.45, 7) is 6.57. The monoisotopic (exact) mass is 251 g/mol. The van der Waals surface area contributed by atoms with Crippen molar-refractivity contribution in [2.24, 2.45) is 5.92 Å². The van der Waals surface area contributed by atoms with Crippen LogP contribution in [0.15, 0.2) is 24.3 Å². The van der Waals surface area contributed by atoms with Crippen LogP contribution in [-0.2, 0) is 0 Å². The largest absolute Gasteiger partial charge is 0.497 e. The van der Waals surface area contributed by atoms with E-state index < -0.39 is 0 Å². The molecule has 0 amide bonds. The minimum atomic E-state index is -0.281. The van der Waals surface area contributed by atoms with E-state index in [1.807, 2.05) is 24.3 Å². The number of aliphatic hydroxyl groups is 1. The molecule has 0 aliphatic carbocycles. The van der Waals surface area contributed by atoms with Gasteiger partial charge < -0.3 is 15.2 Å². The Kier molecular flexibility index (Phi) is 5.48. The van der Waals surface area contributed by atoms with Crippen LogP contribution in [0.3, 0.4) is 0 Å². The topological polar surface area (TPSA) is 41.5 Å². The number of anilines is 1. The summed E-state index contributed by atoms with van der Waals surface area (Å²) in [4.78, 5) is 0. The van der Waals surface area contributed by atoms with Gasteiger partial charge >= 0.3 is 0 Å². The molecule has 0 radical (unpaired) electrons. The summed E-state index contributed by atoms with van der Waals surface area (Å²) in [6.07, 6.45) is 2.03. The van der Waals surface area contributed by atoms with E-state index in [2.05, 4.69) is 26.1 Å². The molecule has 3 nitrogen and oxygen atoms in total. The van der Waals surface area contributed by atoms with Crippen LogP contribution in [0.5, 0.6) is 5.75 Å². The van der Waals surface area contributed by atoms with Gasteiger partial charge in [0, 0.05) is 11.8 Å². The Bertz CT molecular complexity index is 365. The van der Waals surface area contributed by atoms with Gasteiger partial charge in [0.15, 0.2) is 0 Å². The molecule has 2 N–H and O–H groups in total. The SMILES string of the molecule is COc1cccc(NC(C)(CO)CCC(C)C)c1. The van der Waals surface area contributed by atoms with E-state index in [9.17, 15) is 5.11 Å². The number of aliphatic hydroxyl groups excluding tert-OH is 1. The van der Waals surface area contributed by atoms with Crippen molar-refractivity contribution < 1.29 is 9.84 Å². The van der Waals surface area contributed by atoms with Gasteiger partial charge in [0.05, 0.1) is 19.3 Å². The number of nitrogens with one attached hydrogen (secondary N) is 1. The number of ether oxygens (including phenoxy) is 1. The maximum atomic E-state index is 9.59. The minimum absolute atomic E-state index is 0.122. The molecular formula is C15H25NO2.